The van der Waals surface area contributed by atoms with Crippen LogP contribution in [0, 0.1) is 0 Å². The van der Waals surface area contributed by atoms with E-state index in [9.17, 15) is 0 Å². The van der Waals surface area contributed by atoms with Gasteiger partial charge in [0.05, 0.1) is 0 Å². The summed E-state index contributed by atoms with van der Waals surface area (Å²) in [6.45, 7) is 6.89. The van der Waals surface area contributed by atoms with Gasteiger partial charge >= 0.3 is 0 Å². The van der Waals surface area contributed by atoms with E-state index in [4.69, 9.17) is 0 Å². The van der Waals surface area contributed by atoms with E-state index >= 15 is 0 Å². The van der Waals surface area contributed by atoms with Gasteiger partial charge in [0, 0.05) is 12.6 Å². The maximum atomic E-state index is 3.86. The molecule has 0 amide bonds. The van der Waals surface area contributed by atoms with E-state index in [1.807, 2.05) is 0 Å². The number of hydrogen-bond donors (Lipinski definition) is 1. The summed E-state index contributed by atoms with van der Waals surface area (Å²) in [6, 6.07) is 0.691. The molecule has 1 rings (SSSR count). The highest BCUT2D eigenvalue weighted by Crippen LogP contribution is 2.10. The lowest BCUT2D eigenvalue weighted by atomic mass is 10.0. The Bertz CT molecular complexity index is 158. The lowest BCUT2D eigenvalue weighted by Crippen LogP contribution is -2.30. The lowest BCUT2D eigenvalue weighted by Gasteiger charge is -2.19. The third-order valence-corrected chi connectivity index (χ3v) is 1.96. The average Bonchev–Trinajstić information content (AvgIpc) is 2.03. The Kier molecular flexibility index (Phi) is 3.37. The molecule has 0 bridgehead atoms. The molecule has 0 aromatic rings. The zero-order valence-corrected chi connectivity index (χ0v) is 7.27. The van der Waals surface area contributed by atoms with Crippen molar-refractivity contribution in [2.45, 2.75) is 32.2 Å². The molecule has 0 spiro atoms. The monoisotopic (exact) mass is 151 g/mol. The minimum atomic E-state index is 0.691. The van der Waals surface area contributed by atoms with E-state index in [1.54, 1.807) is 0 Å². The third kappa shape index (κ3) is 3.38. The van der Waals surface area contributed by atoms with Crippen molar-refractivity contribution in [3.05, 3.63) is 24.3 Å². The summed E-state index contributed by atoms with van der Waals surface area (Å²) in [7, 11) is 0. The Morgan fingerprint density at radius 2 is 2.45 bits per heavy atom. The van der Waals surface area contributed by atoms with Gasteiger partial charge < -0.3 is 5.32 Å². The van der Waals surface area contributed by atoms with Crippen molar-refractivity contribution in [3.8, 4) is 0 Å². The fourth-order valence-electron chi connectivity index (χ4n) is 1.30. The maximum Gasteiger partial charge on any atom is 0.0161 e. The summed E-state index contributed by atoms with van der Waals surface area (Å²) in [5.74, 6) is 0. The Hall–Kier alpha value is -0.560. The molecule has 0 radical (unpaired) electrons. The van der Waals surface area contributed by atoms with Gasteiger partial charge in [0.25, 0.3) is 0 Å². The van der Waals surface area contributed by atoms with Crippen LogP contribution in [-0.2, 0) is 0 Å². The second kappa shape index (κ2) is 4.35. The number of hydrogen-bond acceptors (Lipinski definition) is 1. The van der Waals surface area contributed by atoms with Crippen LogP contribution in [0.1, 0.15) is 26.2 Å². The molecule has 1 atom stereocenters. The fourth-order valence-corrected chi connectivity index (χ4v) is 1.30. The Morgan fingerprint density at radius 1 is 1.64 bits per heavy atom. The van der Waals surface area contributed by atoms with E-state index in [-0.39, 0.29) is 0 Å². The van der Waals surface area contributed by atoms with Crippen LogP contribution < -0.4 is 5.32 Å². The minimum absolute atomic E-state index is 0.691. The predicted octanol–water partition coefficient (Wildman–Crippen LogP) is 2.26. The summed E-state index contributed by atoms with van der Waals surface area (Å²) >= 11 is 0. The first-order valence-electron chi connectivity index (χ1n) is 4.32. The smallest absolute Gasteiger partial charge is 0.0161 e. The first-order valence-corrected chi connectivity index (χ1v) is 4.32. The molecule has 0 fully saturated rings. The molecule has 11 heavy (non-hydrogen) atoms. The number of allylic oxidation sites excluding steroid dienone is 1. The molecule has 1 unspecified atom stereocenters. The van der Waals surface area contributed by atoms with E-state index in [2.05, 4.69) is 31.0 Å². The van der Waals surface area contributed by atoms with Gasteiger partial charge in [0.2, 0.25) is 0 Å². The Morgan fingerprint density at radius 3 is 3.00 bits per heavy atom. The van der Waals surface area contributed by atoms with Crippen LogP contribution in [0.2, 0.25) is 0 Å². The second-order valence-electron chi connectivity index (χ2n) is 3.32. The number of rotatable bonds is 3. The van der Waals surface area contributed by atoms with Gasteiger partial charge in [-0.2, -0.15) is 0 Å². The Labute approximate surface area is 69.2 Å². The standard InChI is InChI=1S/C10H17N/c1-9(2)8-11-10-6-4-3-5-7-10/h3-4,10-11H,1,5-8H2,2H3. The molecule has 1 aliphatic rings. The summed E-state index contributed by atoms with van der Waals surface area (Å²) in [5.41, 5.74) is 1.22. The van der Waals surface area contributed by atoms with Gasteiger partial charge in [-0.1, -0.05) is 24.3 Å². The van der Waals surface area contributed by atoms with Crippen molar-refractivity contribution >= 4 is 0 Å². The molecule has 0 saturated heterocycles. The van der Waals surface area contributed by atoms with Gasteiger partial charge in [-0.25, -0.2) is 0 Å². The number of nitrogens with one attached hydrogen (secondary N) is 1. The van der Waals surface area contributed by atoms with Crippen LogP contribution >= 0.6 is 0 Å². The fraction of sp³-hybridized carbons (Fsp3) is 0.600. The third-order valence-electron chi connectivity index (χ3n) is 1.96. The van der Waals surface area contributed by atoms with Crippen molar-refractivity contribution in [1.82, 2.24) is 5.32 Å². The van der Waals surface area contributed by atoms with Crippen molar-refractivity contribution < 1.29 is 0 Å². The summed E-state index contributed by atoms with van der Waals surface area (Å²) in [4.78, 5) is 0. The van der Waals surface area contributed by atoms with Crippen LogP contribution in [0.3, 0.4) is 0 Å². The quantitative estimate of drug-likeness (QED) is 0.610. The molecule has 0 saturated carbocycles. The highest BCUT2D eigenvalue weighted by atomic mass is 14.9. The van der Waals surface area contributed by atoms with Crippen LogP contribution in [-0.4, -0.2) is 12.6 Å². The van der Waals surface area contributed by atoms with Crippen molar-refractivity contribution in [2.24, 2.45) is 0 Å². The molecular formula is C10H17N. The van der Waals surface area contributed by atoms with Crippen molar-refractivity contribution in [2.75, 3.05) is 6.54 Å². The van der Waals surface area contributed by atoms with Crippen LogP contribution in [0.5, 0.6) is 0 Å². The first kappa shape index (κ1) is 8.54. The molecule has 1 heteroatoms. The topological polar surface area (TPSA) is 12.0 Å². The summed E-state index contributed by atoms with van der Waals surface area (Å²) in [5, 5.41) is 3.47. The zero-order valence-electron chi connectivity index (χ0n) is 7.27. The lowest BCUT2D eigenvalue weighted by molar-refractivity contribution is 0.494. The van der Waals surface area contributed by atoms with Gasteiger partial charge in [-0.05, 0) is 26.2 Å². The molecular weight excluding hydrogens is 134 g/mol. The van der Waals surface area contributed by atoms with E-state index in [0.29, 0.717) is 6.04 Å². The highest BCUT2D eigenvalue weighted by Gasteiger charge is 2.07. The van der Waals surface area contributed by atoms with Crippen LogP contribution in [0.15, 0.2) is 24.3 Å². The molecule has 1 N–H and O–H groups in total. The molecule has 0 heterocycles. The predicted molar refractivity (Wildman–Crippen MR) is 49.6 cm³/mol. The Balaban J connectivity index is 2.16. The van der Waals surface area contributed by atoms with Crippen molar-refractivity contribution in [3.63, 3.8) is 0 Å². The van der Waals surface area contributed by atoms with E-state index in [1.165, 1.54) is 24.8 Å². The van der Waals surface area contributed by atoms with Gasteiger partial charge in [0.1, 0.15) is 0 Å². The second-order valence-corrected chi connectivity index (χ2v) is 3.32. The summed E-state index contributed by atoms with van der Waals surface area (Å²) in [6.07, 6.45) is 8.23. The van der Waals surface area contributed by atoms with Crippen molar-refractivity contribution in [1.29, 1.82) is 0 Å². The molecule has 0 aromatic carbocycles. The highest BCUT2D eigenvalue weighted by molar-refractivity contribution is 4.96. The maximum absolute atomic E-state index is 3.86. The molecule has 1 nitrogen and oxygen atoms in total. The van der Waals surface area contributed by atoms with Crippen LogP contribution in [0.4, 0.5) is 0 Å². The van der Waals surface area contributed by atoms with Gasteiger partial charge in [-0.15, -0.1) is 0 Å². The van der Waals surface area contributed by atoms with Crippen LogP contribution in [0.25, 0.3) is 0 Å². The van der Waals surface area contributed by atoms with E-state index in [0.717, 1.165) is 6.54 Å². The van der Waals surface area contributed by atoms with Gasteiger partial charge in [0.15, 0.2) is 0 Å². The SMILES string of the molecule is C=C(C)CNC1CC=CCC1. The molecule has 0 aromatic heterocycles. The molecule has 0 aliphatic heterocycles. The summed E-state index contributed by atoms with van der Waals surface area (Å²) < 4.78 is 0. The van der Waals surface area contributed by atoms with E-state index < -0.39 is 0 Å². The average molecular weight is 151 g/mol. The minimum Gasteiger partial charge on any atom is -0.310 e. The normalized spacial score (nSPS) is 23.5. The first-order chi connectivity index (χ1) is 5.29. The molecule has 1 aliphatic carbocycles. The van der Waals surface area contributed by atoms with Gasteiger partial charge in [-0.3, -0.25) is 0 Å². The zero-order chi connectivity index (χ0) is 8.10. The molecule has 62 valence electrons. The largest absolute Gasteiger partial charge is 0.310 e.